The van der Waals surface area contributed by atoms with Crippen molar-refractivity contribution in [3.05, 3.63) is 12.1 Å². The van der Waals surface area contributed by atoms with Crippen LogP contribution in [0.4, 0.5) is 11.6 Å². The summed E-state index contributed by atoms with van der Waals surface area (Å²) in [6, 6.07) is 3.52. The van der Waals surface area contributed by atoms with Crippen LogP contribution in [0.15, 0.2) is 12.1 Å². The van der Waals surface area contributed by atoms with Gasteiger partial charge in [0.25, 0.3) is 0 Å². The Kier molecular flexibility index (Phi) is 2.49. The van der Waals surface area contributed by atoms with Crippen LogP contribution in [0.5, 0.6) is 0 Å². The normalized spacial score (nSPS) is 25.5. The topological polar surface area (TPSA) is 84.1 Å². The monoisotopic (exact) mass is 194 g/mol. The Morgan fingerprint density at radius 1 is 1.43 bits per heavy atom. The minimum atomic E-state index is -0.0979. The van der Waals surface area contributed by atoms with E-state index in [1.54, 1.807) is 12.1 Å². The molecule has 76 valence electrons. The van der Waals surface area contributed by atoms with Gasteiger partial charge in [0.05, 0.1) is 6.10 Å². The van der Waals surface area contributed by atoms with Gasteiger partial charge in [0.2, 0.25) is 0 Å². The number of anilines is 2. The standard InChI is InChI=1S/C9H14N4O/c10-8-1-2-9(13-12-8)11-5-6-3-7(14)4-6/h1-2,6-7,14H,3-5H2,(H2,10,12)(H,11,13). The van der Waals surface area contributed by atoms with Crippen molar-refractivity contribution in [2.24, 2.45) is 5.92 Å². The first-order chi connectivity index (χ1) is 6.74. The SMILES string of the molecule is Nc1ccc(NCC2CC(O)C2)nn1. The summed E-state index contributed by atoms with van der Waals surface area (Å²) >= 11 is 0. The Morgan fingerprint density at radius 3 is 2.79 bits per heavy atom. The lowest BCUT2D eigenvalue weighted by Crippen LogP contribution is -2.33. The molecule has 0 atom stereocenters. The molecule has 0 saturated heterocycles. The molecular weight excluding hydrogens is 180 g/mol. The molecule has 1 aromatic heterocycles. The lowest BCUT2D eigenvalue weighted by Gasteiger charge is -2.31. The predicted molar refractivity (Wildman–Crippen MR) is 53.7 cm³/mol. The van der Waals surface area contributed by atoms with Crippen molar-refractivity contribution in [3.8, 4) is 0 Å². The second-order valence-corrected chi connectivity index (χ2v) is 3.72. The van der Waals surface area contributed by atoms with E-state index in [4.69, 9.17) is 10.8 Å². The summed E-state index contributed by atoms with van der Waals surface area (Å²) in [6.45, 7) is 0.843. The number of hydrogen-bond donors (Lipinski definition) is 3. The Bertz CT molecular complexity index is 294. The number of aliphatic hydroxyl groups is 1. The van der Waals surface area contributed by atoms with E-state index in [1.807, 2.05) is 0 Å². The molecule has 14 heavy (non-hydrogen) atoms. The number of nitrogen functional groups attached to an aromatic ring is 1. The van der Waals surface area contributed by atoms with Gasteiger partial charge in [-0.25, -0.2) is 0 Å². The molecule has 5 heteroatoms. The van der Waals surface area contributed by atoms with Crippen LogP contribution < -0.4 is 11.1 Å². The third kappa shape index (κ3) is 2.11. The van der Waals surface area contributed by atoms with Gasteiger partial charge in [-0.15, -0.1) is 10.2 Å². The number of nitrogens with two attached hydrogens (primary N) is 1. The van der Waals surface area contributed by atoms with Gasteiger partial charge >= 0.3 is 0 Å². The van der Waals surface area contributed by atoms with Gasteiger partial charge in [-0.1, -0.05) is 0 Å². The molecule has 1 aliphatic rings. The molecule has 0 aliphatic heterocycles. The third-order valence-corrected chi connectivity index (χ3v) is 2.47. The fraction of sp³-hybridized carbons (Fsp3) is 0.556. The molecule has 1 aromatic rings. The molecule has 4 N–H and O–H groups in total. The largest absolute Gasteiger partial charge is 0.393 e. The third-order valence-electron chi connectivity index (χ3n) is 2.47. The first-order valence-electron chi connectivity index (χ1n) is 4.75. The lowest BCUT2D eigenvalue weighted by molar-refractivity contribution is 0.0486. The van der Waals surface area contributed by atoms with Crippen molar-refractivity contribution in [2.75, 3.05) is 17.6 Å². The van der Waals surface area contributed by atoms with Crippen LogP contribution in [0.3, 0.4) is 0 Å². The molecule has 5 nitrogen and oxygen atoms in total. The van der Waals surface area contributed by atoms with Crippen LogP contribution in [0.25, 0.3) is 0 Å². The first-order valence-corrected chi connectivity index (χ1v) is 4.75. The van der Waals surface area contributed by atoms with Crippen LogP contribution >= 0.6 is 0 Å². The van der Waals surface area contributed by atoms with Crippen molar-refractivity contribution in [2.45, 2.75) is 18.9 Å². The van der Waals surface area contributed by atoms with E-state index in [1.165, 1.54) is 0 Å². The molecule has 0 radical (unpaired) electrons. The summed E-state index contributed by atoms with van der Waals surface area (Å²) in [5.41, 5.74) is 5.40. The van der Waals surface area contributed by atoms with Crippen molar-refractivity contribution in [1.82, 2.24) is 10.2 Å². The van der Waals surface area contributed by atoms with Crippen molar-refractivity contribution in [1.29, 1.82) is 0 Å². The van der Waals surface area contributed by atoms with Gasteiger partial charge in [-0.3, -0.25) is 0 Å². The van der Waals surface area contributed by atoms with E-state index in [-0.39, 0.29) is 6.10 Å². The second-order valence-electron chi connectivity index (χ2n) is 3.72. The maximum atomic E-state index is 9.08. The number of hydrogen-bond acceptors (Lipinski definition) is 5. The minimum absolute atomic E-state index is 0.0979. The summed E-state index contributed by atoms with van der Waals surface area (Å²) in [5.74, 6) is 1.72. The molecule has 0 unspecified atom stereocenters. The highest BCUT2D eigenvalue weighted by atomic mass is 16.3. The van der Waals surface area contributed by atoms with Crippen LogP contribution in [-0.2, 0) is 0 Å². The van der Waals surface area contributed by atoms with Gasteiger partial charge in [-0.2, -0.15) is 0 Å². The van der Waals surface area contributed by atoms with E-state index < -0.39 is 0 Å². The Labute approximate surface area is 82.3 Å². The maximum absolute atomic E-state index is 9.08. The molecule has 1 heterocycles. The Hall–Kier alpha value is -1.36. The van der Waals surface area contributed by atoms with Crippen LogP contribution in [0, 0.1) is 5.92 Å². The average molecular weight is 194 g/mol. The fourth-order valence-corrected chi connectivity index (χ4v) is 1.55. The van der Waals surface area contributed by atoms with E-state index >= 15 is 0 Å². The minimum Gasteiger partial charge on any atom is -0.393 e. The summed E-state index contributed by atoms with van der Waals surface area (Å²) < 4.78 is 0. The zero-order valence-corrected chi connectivity index (χ0v) is 7.85. The first kappa shape index (κ1) is 9.21. The highest BCUT2D eigenvalue weighted by Crippen LogP contribution is 2.26. The average Bonchev–Trinajstić information content (AvgIpc) is 2.13. The van der Waals surface area contributed by atoms with Crippen LogP contribution in [0.1, 0.15) is 12.8 Å². The highest BCUT2D eigenvalue weighted by Gasteiger charge is 2.26. The zero-order valence-electron chi connectivity index (χ0n) is 7.85. The number of aromatic nitrogens is 2. The quantitative estimate of drug-likeness (QED) is 0.642. The molecule has 0 aromatic carbocycles. The number of nitrogens with one attached hydrogen (secondary N) is 1. The van der Waals surface area contributed by atoms with Gasteiger partial charge in [0.15, 0.2) is 0 Å². The fourth-order valence-electron chi connectivity index (χ4n) is 1.55. The van der Waals surface area contributed by atoms with Gasteiger partial charge in [0, 0.05) is 6.54 Å². The Morgan fingerprint density at radius 2 is 2.21 bits per heavy atom. The maximum Gasteiger partial charge on any atom is 0.148 e. The van der Waals surface area contributed by atoms with Gasteiger partial charge in [-0.05, 0) is 30.9 Å². The predicted octanol–water partition coefficient (Wildman–Crippen LogP) is 0.242. The van der Waals surface area contributed by atoms with Crippen molar-refractivity contribution >= 4 is 11.6 Å². The summed E-state index contributed by atoms with van der Waals surface area (Å²) in [5, 5.41) is 19.8. The molecule has 1 saturated carbocycles. The molecular formula is C9H14N4O. The van der Waals surface area contributed by atoms with Gasteiger partial charge < -0.3 is 16.2 Å². The van der Waals surface area contributed by atoms with E-state index in [9.17, 15) is 0 Å². The van der Waals surface area contributed by atoms with E-state index in [0.29, 0.717) is 11.7 Å². The summed E-state index contributed by atoms with van der Waals surface area (Å²) in [7, 11) is 0. The molecule has 0 amide bonds. The molecule has 0 bridgehead atoms. The number of aliphatic hydroxyl groups excluding tert-OH is 1. The van der Waals surface area contributed by atoms with Gasteiger partial charge in [0.1, 0.15) is 11.6 Å². The molecule has 1 aliphatic carbocycles. The zero-order chi connectivity index (χ0) is 9.97. The smallest absolute Gasteiger partial charge is 0.148 e. The van der Waals surface area contributed by atoms with E-state index in [0.717, 1.165) is 25.2 Å². The summed E-state index contributed by atoms with van der Waals surface area (Å²) in [4.78, 5) is 0. The second kappa shape index (κ2) is 3.79. The molecule has 1 fully saturated rings. The van der Waals surface area contributed by atoms with Crippen molar-refractivity contribution < 1.29 is 5.11 Å². The van der Waals surface area contributed by atoms with E-state index in [2.05, 4.69) is 15.5 Å². The number of nitrogens with zero attached hydrogens (tertiary/aromatic N) is 2. The van der Waals surface area contributed by atoms with Crippen LogP contribution in [-0.4, -0.2) is 28.0 Å². The van der Waals surface area contributed by atoms with Crippen molar-refractivity contribution in [3.63, 3.8) is 0 Å². The highest BCUT2D eigenvalue weighted by molar-refractivity contribution is 5.38. The number of rotatable bonds is 3. The van der Waals surface area contributed by atoms with Crippen LogP contribution in [0.2, 0.25) is 0 Å². The lowest BCUT2D eigenvalue weighted by atomic mass is 9.82. The molecule has 0 spiro atoms. The molecule has 2 rings (SSSR count). The Balaban J connectivity index is 1.78. The summed E-state index contributed by atoms with van der Waals surface area (Å²) in [6.07, 6.45) is 1.67.